The van der Waals surface area contributed by atoms with Gasteiger partial charge in [-0.2, -0.15) is 0 Å². The zero-order valence-electron chi connectivity index (χ0n) is 13.0. The van der Waals surface area contributed by atoms with Gasteiger partial charge < -0.3 is 14.6 Å². The van der Waals surface area contributed by atoms with E-state index >= 15 is 0 Å². The van der Waals surface area contributed by atoms with Crippen LogP contribution in [0.25, 0.3) is 16.7 Å². The number of nitrogens with one attached hydrogen (secondary N) is 1. The van der Waals surface area contributed by atoms with Crippen molar-refractivity contribution in [2.45, 2.75) is 5.37 Å². The van der Waals surface area contributed by atoms with Crippen molar-refractivity contribution >= 4 is 28.5 Å². The molecular formula is C18H17N3OS. The van der Waals surface area contributed by atoms with Crippen LogP contribution in [0.5, 0.6) is 5.75 Å². The van der Waals surface area contributed by atoms with Gasteiger partial charge in [-0.05, 0) is 29.7 Å². The highest BCUT2D eigenvalue weighted by Crippen LogP contribution is 2.38. The van der Waals surface area contributed by atoms with Crippen molar-refractivity contribution in [1.29, 1.82) is 0 Å². The number of hydrogen-bond acceptors (Lipinski definition) is 4. The highest BCUT2D eigenvalue weighted by molar-refractivity contribution is 8.02. The van der Waals surface area contributed by atoms with Crippen molar-refractivity contribution in [2.24, 2.45) is 7.05 Å². The van der Waals surface area contributed by atoms with Gasteiger partial charge in [0.2, 0.25) is 0 Å². The van der Waals surface area contributed by atoms with E-state index in [1.165, 1.54) is 0 Å². The first-order valence-corrected chi connectivity index (χ1v) is 8.38. The second-order valence-corrected chi connectivity index (χ2v) is 6.42. The van der Waals surface area contributed by atoms with Gasteiger partial charge in [-0.1, -0.05) is 36.0 Å². The first kappa shape index (κ1) is 14.2. The monoisotopic (exact) mass is 323 g/mol. The second kappa shape index (κ2) is 5.66. The van der Waals surface area contributed by atoms with E-state index in [-0.39, 0.29) is 5.37 Å². The topological polar surface area (TPSA) is 39.1 Å². The van der Waals surface area contributed by atoms with Gasteiger partial charge in [0.25, 0.3) is 0 Å². The van der Waals surface area contributed by atoms with E-state index < -0.39 is 0 Å². The lowest BCUT2D eigenvalue weighted by Crippen LogP contribution is -2.16. The third kappa shape index (κ3) is 2.47. The lowest BCUT2D eigenvalue weighted by atomic mass is 10.1. The minimum atomic E-state index is 0.119. The van der Waals surface area contributed by atoms with Crippen molar-refractivity contribution in [3.05, 3.63) is 65.3 Å². The fourth-order valence-corrected chi connectivity index (χ4v) is 3.82. The molecule has 1 atom stereocenters. The highest BCUT2D eigenvalue weighted by Gasteiger charge is 2.24. The van der Waals surface area contributed by atoms with Crippen LogP contribution < -0.4 is 10.1 Å². The number of nitrogens with zero attached hydrogens (tertiary/aromatic N) is 2. The minimum Gasteiger partial charge on any atom is -0.497 e. The molecule has 2 heterocycles. The van der Waals surface area contributed by atoms with Crippen molar-refractivity contribution < 1.29 is 4.74 Å². The molecule has 5 heteroatoms. The van der Waals surface area contributed by atoms with E-state index in [4.69, 9.17) is 9.72 Å². The molecule has 1 N–H and O–H groups in total. The Kier molecular flexibility index (Phi) is 3.50. The molecule has 0 bridgehead atoms. The quantitative estimate of drug-likeness (QED) is 0.793. The molecule has 0 radical (unpaired) electrons. The number of aromatic nitrogens is 2. The van der Waals surface area contributed by atoms with Crippen LogP contribution in [-0.2, 0) is 7.05 Å². The van der Waals surface area contributed by atoms with Crippen LogP contribution in [0.3, 0.4) is 0 Å². The van der Waals surface area contributed by atoms with E-state index in [1.54, 1.807) is 18.9 Å². The molecule has 23 heavy (non-hydrogen) atoms. The molecule has 2 aromatic carbocycles. The smallest absolute Gasteiger partial charge is 0.143 e. The van der Waals surface area contributed by atoms with Gasteiger partial charge in [-0.3, -0.25) is 0 Å². The summed E-state index contributed by atoms with van der Waals surface area (Å²) in [6.45, 7) is 0. The first-order chi connectivity index (χ1) is 11.3. The van der Waals surface area contributed by atoms with Gasteiger partial charge in [0.15, 0.2) is 0 Å². The molecule has 1 aliphatic rings. The predicted molar refractivity (Wildman–Crippen MR) is 95.2 cm³/mol. The summed E-state index contributed by atoms with van der Waals surface area (Å²) in [5.74, 6) is 1.90. The summed E-state index contributed by atoms with van der Waals surface area (Å²) in [6, 6.07) is 16.3. The van der Waals surface area contributed by atoms with Gasteiger partial charge in [-0.15, -0.1) is 0 Å². The average molecular weight is 323 g/mol. The molecule has 116 valence electrons. The van der Waals surface area contributed by atoms with Crippen molar-refractivity contribution in [3.8, 4) is 5.75 Å². The molecule has 1 aliphatic heterocycles. The number of fused-ring (bicyclic) bond motifs is 1. The van der Waals surface area contributed by atoms with Crippen molar-refractivity contribution in [3.63, 3.8) is 0 Å². The van der Waals surface area contributed by atoms with Gasteiger partial charge in [0, 0.05) is 18.3 Å². The van der Waals surface area contributed by atoms with Crippen LogP contribution in [-0.4, -0.2) is 16.7 Å². The normalized spacial score (nSPS) is 17.1. The fourth-order valence-electron chi connectivity index (χ4n) is 2.81. The molecule has 0 fully saturated rings. The summed E-state index contributed by atoms with van der Waals surface area (Å²) >= 11 is 1.74. The Balaban J connectivity index is 1.62. The van der Waals surface area contributed by atoms with Crippen LogP contribution >= 0.6 is 11.8 Å². The van der Waals surface area contributed by atoms with Crippen LogP contribution in [0.15, 0.2) is 53.9 Å². The fraction of sp³-hybridized carbons (Fsp3) is 0.167. The van der Waals surface area contributed by atoms with Gasteiger partial charge >= 0.3 is 0 Å². The average Bonchev–Trinajstić information content (AvgIpc) is 3.20. The summed E-state index contributed by atoms with van der Waals surface area (Å²) in [4.78, 5) is 4.78. The van der Waals surface area contributed by atoms with Crippen LogP contribution in [0.2, 0.25) is 0 Å². The Hall–Kier alpha value is -2.40. The number of aryl methyl sites for hydroxylation is 1. The molecule has 4 rings (SSSR count). The SMILES string of the molecule is COc1cccc(C2=CSC(c3nc4ccccc4n3C)N2)c1. The maximum absolute atomic E-state index is 5.31. The molecule has 1 unspecified atom stereocenters. The molecule has 1 aromatic heterocycles. The van der Waals surface area contributed by atoms with Gasteiger partial charge in [0.05, 0.1) is 18.1 Å². The largest absolute Gasteiger partial charge is 0.497 e. The van der Waals surface area contributed by atoms with E-state index in [1.807, 2.05) is 30.3 Å². The molecule has 0 aliphatic carbocycles. The lowest BCUT2D eigenvalue weighted by molar-refractivity contribution is 0.414. The Labute approximate surface area is 139 Å². The number of imidazole rings is 1. The summed E-state index contributed by atoms with van der Waals surface area (Å²) < 4.78 is 7.46. The lowest BCUT2D eigenvalue weighted by Gasteiger charge is -2.13. The van der Waals surface area contributed by atoms with E-state index in [0.29, 0.717) is 0 Å². The maximum Gasteiger partial charge on any atom is 0.143 e. The zero-order chi connectivity index (χ0) is 15.8. The molecule has 3 aromatic rings. The van der Waals surface area contributed by atoms with Crippen LogP contribution in [0.4, 0.5) is 0 Å². The molecule has 4 nitrogen and oxygen atoms in total. The predicted octanol–water partition coefficient (Wildman–Crippen LogP) is 3.92. The second-order valence-electron chi connectivity index (χ2n) is 5.44. The summed E-state index contributed by atoms with van der Waals surface area (Å²) in [5, 5.41) is 5.83. The van der Waals surface area contributed by atoms with E-state index in [2.05, 4.69) is 40.5 Å². The van der Waals surface area contributed by atoms with Crippen molar-refractivity contribution in [1.82, 2.24) is 14.9 Å². The third-order valence-electron chi connectivity index (χ3n) is 4.05. The van der Waals surface area contributed by atoms with E-state index in [9.17, 15) is 0 Å². The van der Waals surface area contributed by atoms with Gasteiger partial charge in [0.1, 0.15) is 16.9 Å². The summed E-state index contributed by atoms with van der Waals surface area (Å²) in [6.07, 6.45) is 0. The molecule has 0 saturated heterocycles. The standard InChI is InChI=1S/C18H17N3OS/c1-21-16-9-4-3-8-14(16)19-17(21)18-20-15(11-23-18)12-6-5-7-13(10-12)22-2/h3-11,18,20H,1-2H3. The first-order valence-electron chi connectivity index (χ1n) is 7.44. The van der Waals surface area contributed by atoms with Gasteiger partial charge in [-0.25, -0.2) is 4.98 Å². The number of thioether (sulfide) groups is 1. The Morgan fingerprint density at radius 1 is 1.17 bits per heavy atom. The summed E-state index contributed by atoms with van der Waals surface area (Å²) in [7, 11) is 3.75. The Morgan fingerprint density at radius 2 is 2.04 bits per heavy atom. The number of methoxy groups -OCH3 is 1. The minimum absolute atomic E-state index is 0.119. The Morgan fingerprint density at radius 3 is 2.87 bits per heavy atom. The number of para-hydroxylation sites is 2. The molecule has 0 spiro atoms. The number of benzene rings is 2. The van der Waals surface area contributed by atoms with Crippen LogP contribution in [0, 0.1) is 0 Å². The zero-order valence-corrected chi connectivity index (χ0v) is 13.8. The summed E-state index contributed by atoms with van der Waals surface area (Å²) in [5.41, 5.74) is 4.41. The molecule has 0 saturated carbocycles. The maximum atomic E-state index is 5.31. The molecule has 0 amide bonds. The van der Waals surface area contributed by atoms with E-state index in [0.717, 1.165) is 33.9 Å². The third-order valence-corrected chi connectivity index (χ3v) is 5.02. The van der Waals surface area contributed by atoms with Crippen LogP contribution in [0.1, 0.15) is 16.8 Å². The highest BCUT2D eigenvalue weighted by atomic mass is 32.2. The molecular weight excluding hydrogens is 306 g/mol. The Bertz CT molecular complexity index is 900. The number of rotatable bonds is 3. The number of ether oxygens (including phenoxy) is 1. The number of hydrogen-bond donors (Lipinski definition) is 1. The van der Waals surface area contributed by atoms with Crippen molar-refractivity contribution in [2.75, 3.05) is 7.11 Å².